The van der Waals surface area contributed by atoms with Crippen molar-refractivity contribution >= 4 is 23.2 Å². The largest absolute Gasteiger partial charge is 0.493 e. The van der Waals surface area contributed by atoms with Crippen molar-refractivity contribution in [1.29, 1.82) is 0 Å². The molecule has 0 spiro atoms. The summed E-state index contributed by atoms with van der Waals surface area (Å²) in [6.07, 6.45) is -3.56. The number of alkyl halides is 3. The third-order valence-electron chi connectivity index (χ3n) is 3.74. The van der Waals surface area contributed by atoms with Crippen LogP contribution in [0.15, 0.2) is 41.7 Å². The number of Topliss-reactive ketones (excluding diaryl/α,β-unsaturated/α-hetero) is 1. The monoisotopic (exact) mass is 397 g/mol. The van der Waals surface area contributed by atoms with Crippen LogP contribution in [0.5, 0.6) is 11.5 Å². The van der Waals surface area contributed by atoms with Gasteiger partial charge in [-0.05, 0) is 30.3 Å². The average molecular weight is 397 g/mol. The van der Waals surface area contributed by atoms with Gasteiger partial charge in [-0.1, -0.05) is 11.8 Å². The Bertz CT molecular complexity index is 988. The van der Waals surface area contributed by atoms with Gasteiger partial charge in [0.05, 0.1) is 25.5 Å². The molecule has 0 atom stereocenters. The van der Waals surface area contributed by atoms with Gasteiger partial charge in [0.15, 0.2) is 28.1 Å². The molecule has 2 aromatic heterocycles. The number of halogens is 3. The fraction of sp³-hybridized carbons (Fsp3) is 0.235. The lowest BCUT2D eigenvalue weighted by Crippen LogP contribution is -2.07. The minimum atomic E-state index is -4.48. The topological polar surface area (TPSA) is 65.7 Å². The van der Waals surface area contributed by atoms with Gasteiger partial charge in [-0.3, -0.25) is 9.20 Å². The molecule has 0 saturated heterocycles. The third kappa shape index (κ3) is 4.00. The van der Waals surface area contributed by atoms with E-state index in [4.69, 9.17) is 9.47 Å². The van der Waals surface area contributed by atoms with Gasteiger partial charge in [0, 0.05) is 11.8 Å². The number of nitrogens with zero attached hydrogens (tertiary/aromatic N) is 3. The molecule has 2 heterocycles. The fourth-order valence-electron chi connectivity index (χ4n) is 2.36. The second-order valence-electron chi connectivity index (χ2n) is 5.41. The van der Waals surface area contributed by atoms with Crippen LogP contribution in [0.4, 0.5) is 13.2 Å². The highest BCUT2D eigenvalue weighted by molar-refractivity contribution is 7.99. The number of pyridine rings is 1. The molecule has 0 fully saturated rings. The minimum absolute atomic E-state index is 0.0213. The van der Waals surface area contributed by atoms with Gasteiger partial charge >= 0.3 is 6.18 Å². The summed E-state index contributed by atoms with van der Waals surface area (Å²) in [5, 5.41) is 7.88. The van der Waals surface area contributed by atoms with Gasteiger partial charge in [-0.2, -0.15) is 13.2 Å². The minimum Gasteiger partial charge on any atom is -0.493 e. The molecule has 1 aromatic carbocycles. The molecule has 0 unspecified atom stereocenters. The van der Waals surface area contributed by atoms with Crippen molar-refractivity contribution < 1.29 is 27.4 Å². The number of benzene rings is 1. The number of rotatable bonds is 6. The molecule has 3 rings (SSSR count). The second-order valence-corrected chi connectivity index (χ2v) is 6.35. The number of ketones is 1. The van der Waals surface area contributed by atoms with E-state index in [1.807, 2.05) is 0 Å². The van der Waals surface area contributed by atoms with Crippen molar-refractivity contribution in [2.24, 2.45) is 0 Å². The Hall–Kier alpha value is -2.75. The molecule has 0 amide bonds. The van der Waals surface area contributed by atoms with E-state index < -0.39 is 11.7 Å². The average Bonchev–Trinajstić information content (AvgIpc) is 3.07. The fourth-order valence-corrected chi connectivity index (χ4v) is 3.17. The predicted molar refractivity (Wildman–Crippen MR) is 92.6 cm³/mol. The van der Waals surface area contributed by atoms with Crippen molar-refractivity contribution in [2.45, 2.75) is 11.3 Å². The summed E-state index contributed by atoms with van der Waals surface area (Å²) >= 11 is 1.00. The van der Waals surface area contributed by atoms with Gasteiger partial charge in [0.25, 0.3) is 0 Å². The highest BCUT2D eigenvalue weighted by Gasteiger charge is 2.31. The number of aromatic nitrogens is 3. The van der Waals surface area contributed by atoms with Crippen LogP contribution in [0.3, 0.4) is 0 Å². The first kappa shape index (κ1) is 19.0. The lowest BCUT2D eigenvalue weighted by molar-refractivity contribution is -0.137. The first-order valence-electron chi connectivity index (χ1n) is 7.63. The predicted octanol–water partition coefficient (Wildman–Crippen LogP) is 3.74. The van der Waals surface area contributed by atoms with Gasteiger partial charge in [0.1, 0.15) is 0 Å². The van der Waals surface area contributed by atoms with Crippen LogP contribution in [0.2, 0.25) is 0 Å². The Morgan fingerprint density at radius 2 is 1.85 bits per heavy atom. The molecule has 3 aromatic rings. The van der Waals surface area contributed by atoms with Crippen LogP contribution < -0.4 is 9.47 Å². The molecule has 0 aliphatic heterocycles. The highest BCUT2D eigenvalue weighted by Crippen LogP contribution is 2.31. The van der Waals surface area contributed by atoms with Crippen LogP contribution in [-0.4, -0.2) is 40.4 Å². The maximum absolute atomic E-state index is 12.9. The summed E-state index contributed by atoms with van der Waals surface area (Å²) in [4.78, 5) is 12.4. The second kappa shape index (κ2) is 7.47. The van der Waals surface area contributed by atoms with E-state index in [0.29, 0.717) is 17.1 Å². The Kier molecular flexibility index (Phi) is 5.26. The maximum Gasteiger partial charge on any atom is 0.417 e. The Labute approximate surface area is 156 Å². The van der Waals surface area contributed by atoms with E-state index >= 15 is 0 Å². The van der Waals surface area contributed by atoms with Gasteiger partial charge < -0.3 is 9.47 Å². The summed E-state index contributed by atoms with van der Waals surface area (Å²) in [7, 11) is 2.95. The molecule has 0 N–H and O–H groups in total. The van der Waals surface area contributed by atoms with E-state index in [0.717, 1.165) is 24.0 Å². The number of carbonyl (C=O) groups excluding carboxylic acids is 1. The van der Waals surface area contributed by atoms with E-state index in [2.05, 4.69) is 10.2 Å². The number of thioether (sulfide) groups is 1. The Morgan fingerprint density at radius 1 is 1.11 bits per heavy atom. The number of methoxy groups -OCH3 is 2. The molecule has 0 aliphatic rings. The molecule has 10 heteroatoms. The molecule has 0 saturated carbocycles. The summed E-state index contributed by atoms with van der Waals surface area (Å²) < 4.78 is 50.2. The summed E-state index contributed by atoms with van der Waals surface area (Å²) in [5.41, 5.74) is -0.156. The number of fused-ring (bicyclic) bond motifs is 1. The zero-order chi connectivity index (χ0) is 19.6. The van der Waals surface area contributed by atoms with Gasteiger partial charge in [0.2, 0.25) is 0 Å². The first-order chi connectivity index (χ1) is 12.8. The zero-order valence-electron chi connectivity index (χ0n) is 14.3. The smallest absolute Gasteiger partial charge is 0.417 e. The molecule has 142 valence electrons. The molecular weight excluding hydrogens is 383 g/mol. The van der Waals surface area contributed by atoms with E-state index in [1.54, 1.807) is 18.2 Å². The van der Waals surface area contributed by atoms with Crippen molar-refractivity contribution in [3.63, 3.8) is 0 Å². The molecule has 0 bridgehead atoms. The van der Waals surface area contributed by atoms with Crippen molar-refractivity contribution in [1.82, 2.24) is 14.6 Å². The molecular formula is C17H14F3N3O3S. The molecule has 27 heavy (non-hydrogen) atoms. The maximum atomic E-state index is 12.9. The van der Waals surface area contributed by atoms with Gasteiger partial charge in [-0.15, -0.1) is 10.2 Å². The summed E-state index contributed by atoms with van der Waals surface area (Å²) in [6.45, 7) is 0. The standard InChI is InChI=1S/C17H14F3N3O3S/c1-25-13-5-3-10(7-14(13)26-2)12(24)9-27-16-22-21-15-6-4-11(8-23(15)16)17(18,19)20/h3-8H,9H2,1-2H3. The lowest BCUT2D eigenvalue weighted by atomic mass is 10.1. The van der Waals surface area contributed by atoms with E-state index in [-0.39, 0.29) is 22.3 Å². The van der Waals surface area contributed by atoms with Crippen molar-refractivity contribution in [3.8, 4) is 11.5 Å². The number of hydrogen-bond donors (Lipinski definition) is 0. The number of hydrogen-bond acceptors (Lipinski definition) is 6. The van der Waals surface area contributed by atoms with Crippen LogP contribution in [0, 0.1) is 0 Å². The van der Waals surface area contributed by atoms with Crippen molar-refractivity contribution in [3.05, 3.63) is 47.7 Å². The van der Waals surface area contributed by atoms with Crippen LogP contribution in [0.25, 0.3) is 5.65 Å². The zero-order valence-corrected chi connectivity index (χ0v) is 15.1. The van der Waals surface area contributed by atoms with Gasteiger partial charge in [-0.25, -0.2) is 0 Å². The van der Waals surface area contributed by atoms with Crippen LogP contribution >= 0.6 is 11.8 Å². The molecule has 0 aliphatic carbocycles. The molecule has 0 radical (unpaired) electrons. The third-order valence-corrected chi connectivity index (χ3v) is 4.68. The summed E-state index contributed by atoms with van der Waals surface area (Å²) in [6, 6.07) is 6.92. The normalized spacial score (nSPS) is 11.6. The highest BCUT2D eigenvalue weighted by atomic mass is 32.2. The van der Waals surface area contributed by atoms with Crippen LogP contribution in [0.1, 0.15) is 15.9 Å². The molecule has 6 nitrogen and oxygen atoms in total. The van der Waals surface area contributed by atoms with E-state index in [1.165, 1.54) is 24.7 Å². The van der Waals surface area contributed by atoms with Crippen LogP contribution in [-0.2, 0) is 6.18 Å². The Morgan fingerprint density at radius 3 is 2.52 bits per heavy atom. The SMILES string of the molecule is COc1ccc(C(=O)CSc2nnc3ccc(C(F)(F)F)cn23)cc1OC. The number of ether oxygens (including phenoxy) is 2. The first-order valence-corrected chi connectivity index (χ1v) is 8.62. The summed E-state index contributed by atoms with van der Waals surface area (Å²) in [5.74, 6) is 0.651. The number of carbonyl (C=O) groups is 1. The van der Waals surface area contributed by atoms with Crippen molar-refractivity contribution in [2.75, 3.05) is 20.0 Å². The lowest BCUT2D eigenvalue weighted by Gasteiger charge is -2.09. The quantitative estimate of drug-likeness (QED) is 0.466. The van der Waals surface area contributed by atoms with E-state index in [9.17, 15) is 18.0 Å². The Balaban J connectivity index is 1.79.